The van der Waals surface area contributed by atoms with E-state index in [1.54, 1.807) is 24.4 Å². The van der Waals surface area contributed by atoms with Crippen LogP contribution in [-0.2, 0) is 11.2 Å². The number of thiazole rings is 1. The first-order valence-corrected chi connectivity index (χ1v) is 10.2. The summed E-state index contributed by atoms with van der Waals surface area (Å²) in [5.74, 6) is -2.06. The number of nitrogens with one attached hydrogen (secondary N) is 2. The first kappa shape index (κ1) is 21.6. The normalized spacial score (nSPS) is 16.2. The minimum atomic E-state index is -1.37. The fraction of sp³-hybridized carbons (Fsp3) is 0.333. The van der Waals surface area contributed by atoms with Crippen LogP contribution in [0.1, 0.15) is 41.0 Å². The van der Waals surface area contributed by atoms with Crippen LogP contribution in [0.2, 0.25) is 5.82 Å². The summed E-state index contributed by atoms with van der Waals surface area (Å²) in [6.45, 7) is 2.12. The number of fused-ring (bicyclic) bond motifs is 1. The fourth-order valence-electron chi connectivity index (χ4n) is 3.30. The molecular formula is C18H21BN4O6S. The van der Waals surface area contributed by atoms with Crippen molar-refractivity contribution in [3.63, 3.8) is 0 Å². The van der Waals surface area contributed by atoms with E-state index in [0.717, 1.165) is 11.3 Å². The van der Waals surface area contributed by atoms with Crippen molar-refractivity contribution < 1.29 is 29.2 Å². The Morgan fingerprint density at radius 3 is 2.83 bits per heavy atom. The van der Waals surface area contributed by atoms with Gasteiger partial charge < -0.3 is 31.2 Å². The van der Waals surface area contributed by atoms with Gasteiger partial charge in [-0.1, -0.05) is 12.1 Å². The summed E-state index contributed by atoms with van der Waals surface area (Å²) in [4.78, 5) is 40.5. The number of hydrogen-bond acceptors (Lipinski definition) is 8. The largest absolute Gasteiger partial charge is 0.535 e. The number of para-hydroxylation sites is 1. The number of rotatable bonds is 7. The van der Waals surface area contributed by atoms with Crippen LogP contribution in [0.25, 0.3) is 0 Å². The van der Waals surface area contributed by atoms with Crippen LogP contribution < -0.4 is 21.0 Å². The Morgan fingerprint density at radius 1 is 1.43 bits per heavy atom. The third kappa shape index (κ3) is 4.71. The van der Waals surface area contributed by atoms with Crippen LogP contribution in [0.5, 0.6) is 5.75 Å². The van der Waals surface area contributed by atoms with Gasteiger partial charge in [0.05, 0.1) is 11.3 Å². The van der Waals surface area contributed by atoms with Gasteiger partial charge >= 0.3 is 19.1 Å². The average molecular weight is 432 g/mol. The van der Waals surface area contributed by atoms with E-state index in [0.29, 0.717) is 17.8 Å². The number of nitrogen functional groups attached to an aromatic ring is 1. The zero-order valence-electron chi connectivity index (χ0n) is 16.1. The number of carboxylic acid groups (broad SMARTS) is 1. The Hall–Kier alpha value is -3.12. The number of nitrogens with two attached hydrogens (primary N) is 1. The molecule has 2 amide bonds. The smallest absolute Gasteiger partial charge is 0.526 e. The second-order valence-electron chi connectivity index (χ2n) is 6.79. The Labute approximate surface area is 176 Å². The summed E-state index contributed by atoms with van der Waals surface area (Å²) in [5.41, 5.74) is 6.51. The number of Topliss-reactive ketones (excluding diaryl/α,β-unsaturated/α-hetero) is 1. The molecule has 0 spiro atoms. The van der Waals surface area contributed by atoms with Crippen molar-refractivity contribution in [2.45, 2.75) is 31.6 Å². The van der Waals surface area contributed by atoms with Crippen molar-refractivity contribution in [2.24, 2.45) is 0 Å². The quantitative estimate of drug-likeness (QED) is 0.408. The first-order valence-electron chi connectivity index (χ1n) is 9.28. The van der Waals surface area contributed by atoms with Crippen LogP contribution in [0.15, 0.2) is 23.6 Å². The van der Waals surface area contributed by atoms with E-state index in [2.05, 4.69) is 15.6 Å². The van der Waals surface area contributed by atoms with Crippen molar-refractivity contribution in [2.75, 3.05) is 12.3 Å². The first-order chi connectivity index (χ1) is 14.3. The number of hydrogen-bond donors (Lipinski definition) is 5. The molecule has 1 unspecified atom stereocenters. The molecule has 0 saturated heterocycles. The maximum atomic E-state index is 13.0. The molecule has 1 aliphatic heterocycles. The Bertz CT molecular complexity index is 968. The maximum absolute atomic E-state index is 13.0. The highest BCUT2D eigenvalue weighted by Crippen LogP contribution is 2.37. The number of aromatic carboxylic acids is 1. The second-order valence-corrected chi connectivity index (χ2v) is 7.68. The number of amides is 2. The van der Waals surface area contributed by atoms with E-state index < -0.39 is 31.0 Å². The number of urea groups is 1. The summed E-state index contributed by atoms with van der Waals surface area (Å²) < 4.78 is 5.44. The van der Waals surface area contributed by atoms with E-state index in [1.807, 2.05) is 0 Å². The molecule has 0 aliphatic carbocycles. The molecule has 2 aromatic rings. The summed E-state index contributed by atoms with van der Waals surface area (Å²) in [5, 5.41) is 26.7. The number of carbonyl (C=O) groups is 3. The number of carboxylic acids is 1. The zero-order valence-corrected chi connectivity index (χ0v) is 16.9. The molecule has 0 radical (unpaired) electrons. The van der Waals surface area contributed by atoms with Gasteiger partial charge in [0.2, 0.25) is 0 Å². The van der Waals surface area contributed by atoms with E-state index in [9.17, 15) is 24.5 Å². The number of ketones is 1. The van der Waals surface area contributed by atoms with Crippen LogP contribution in [0.3, 0.4) is 0 Å². The highest BCUT2D eigenvalue weighted by atomic mass is 32.1. The fourth-order valence-corrected chi connectivity index (χ4v) is 3.89. The van der Waals surface area contributed by atoms with Crippen molar-refractivity contribution in [1.82, 2.24) is 15.6 Å². The van der Waals surface area contributed by atoms with Crippen molar-refractivity contribution in [3.05, 3.63) is 40.4 Å². The summed E-state index contributed by atoms with van der Waals surface area (Å²) in [6.07, 6.45) is 0.128. The highest BCUT2D eigenvalue weighted by molar-refractivity contribution is 7.13. The van der Waals surface area contributed by atoms with Crippen molar-refractivity contribution >= 4 is 41.4 Å². The van der Waals surface area contributed by atoms with Crippen LogP contribution in [0.4, 0.5) is 9.93 Å². The average Bonchev–Trinajstić information content (AvgIpc) is 3.12. The second kappa shape index (κ2) is 9.14. The van der Waals surface area contributed by atoms with E-state index >= 15 is 0 Å². The Morgan fingerprint density at radius 2 is 2.20 bits per heavy atom. The van der Waals surface area contributed by atoms with Crippen LogP contribution in [0, 0.1) is 0 Å². The lowest BCUT2D eigenvalue weighted by Crippen LogP contribution is -2.42. The monoisotopic (exact) mass is 432 g/mol. The third-order valence-electron chi connectivity index (χ3n) is 4.68. The molecule has 10 nitrogen and oxygen atoms in total. The molecule has 3 rings (SSSR count). The number of nitrogens with zero attached hydrogens (tertiary/aromatic N) is 1. The molecule has 0 fully saturated rings. The summed E-state index contributed by atoms with van der Waals surface area (Å²) in [6, 6.07) is 3.10. The van der Waals surface area contributed by atoms with Gasteiger partial charge in [-0.15, -0.1) is 11.3 Å². The SMILES string of the molecule is CCNC(=O)NC(C(=O)C[C@H]1Cc2cccc(C(=O)O)c2OB1O)c1csc(N)n1. The minimum absolute atomic E-state index is 0.0509. The molecular weight excluding hydrogens is 411 g/mol. The molecule has 30 heavy (non-hydrogen) atoms. The van der Waals surface area contributed by atoms with Gasteiger partial charge in [-0.2, -0.15) is 0 Å². The lowest BCUT2D eigenvalue weighted by Gasteiger charge is -2.28. The van der Waals surface area contributed by atoms with Gasteiger partial charge in [-0.25, -0.2) is 14.6 Å². The molecule has 6 N–H and O–H groups in total. The molecule has 1 aromatic heterocycles. The molecule has 2 heterocycles. The van der Waals surface area contributed by atoms with Gasteiger partial charge in [0.25, 0.3) is 0 Å². The molecule has 0 saturated carbocycles. The highest BCUT2D eigenvalue weighted by Gasteiger charge is 2.39. The number of benzene rings is 1. The van der Waals surface area contributed by atoms with Gasteiger partial charge in [0.15, 0.2) is 10.9 Å². The standard InChI is InChI=1S/C18H21BN4O6S/c1-2-21-18(27)23-14(12-8-30-17(20)22-12)13(24)7-10-6-9-4-3-5-11(16(25)26)15(9)29-19(10)28/h3-5,8,10,14,28H,2,6-7H2,1H3,(H2,20,22)(H,25,26)(H2,21,23,27)/t10-,14?/m1/s1. The predicted molar refractivity (Wildman–Crippen MR) is 111 cm³/mol. The van der Waals surface area contributed by atoms with Gasteiger partial charge in [0.1, 0.15) is 11.8 Å². The van der Waals surface area contributed by atoms with Gasteiger partial charge in [-0.05, 0) is 25.0 Å². The van der Waals surface area contributed by atoms with E-state index in [4.69, 9.17) is 10.4 Å². The number of carbonyl (C=O) groups excluding carboxylic acids is 2. The Kier molecular flexibility index (Phi) is 6.58. The molecule has 1 aromatic carbocycles. The third-order valence-corrected chi connectivity index (χ3v) is 5.38. The van der Waals surface area contributed by atoms with E-state index in [-0.39, 0.29) is 35.1 Å². The molecule has 158 valence electrons. The van der Waals surface area contributed by atoms with E-state index in [1.165, 1.54) is 6.07 Å². The predicted octanol–water partition coefficient (Wildman–Crippen LogP) is 1.23. The minimum Gasteiger partial charge on any atom is -0.535 e. The van der Waals surface area contributed by atoms with Crippen LogP contribution >= 0.6 is 11.3 Å². The lowest BCUT2D eigenvalue weighted by molar-refractivity contribution is -0.121. The van der Waals surface area contributed by atoms with Crippen LogP contribution in [-0.4, -0.2) is 46.6 Å². The van der Waals surface area contributed by atoms with Crippen molar-refractivity contribution in [3.8, 4) is 5.75 Å². The topological polar surface area (TPSA) is 164 Å². The van der Waals surface area contributed by atoms with Gasteiger partial charge in [0, 0.05) is 24.2 Å². The zero-order chi connectivity index (χ0) is 21.8. The molecule has 12 heteroatoms. The Balaban J connectivity index is 1.79. The number of anilines is 1. The van der Waals surface area contributed by atoms with Gasteiger partial charge in [-0.3, -0.25) is 4.79 Å². The summed E-state index contributed by atoms with van der Waals surface area (Å²) in [7, 11) is -1.37. The molecule has 2 atom stereocenters. The molecule has 0 bridgehead atoms. The molecule has 1 aliphatic rings. The number of aromatic nitrogens is 1. The maximum Gasteiger partial charge on any atom is 0.526 e. The summed E-state index contributed by atoms with van der Waals surface area (Å²) >= 11 is 1.15. The lowest BCUT2D eigenvalue weighted by atomic mass is 9.64. The van der Waals surface area contributed by atoms with Crippen molar-refractivity contribution in [1.29, 1.82) is 0 Å².